The topological polar surface area (TPSA) is 45.2 Å². The van der Waals surface area contributed by atoms with Crippen molar-refractivity contribution >= 4 is 23.4 Å². The molecule has 0 aromatic heterocycles. The third kappa shape index (κ3) is 7.79. The molecule has 0 aliphatic carbocycles. The zero-order valence-corrected chi connectivity index (χ0v) is 20.8. The van der Waals surface area contributed by atoms with Crippen molar-refractivity contribution in [2.24, 2.45) is 5.41 Å². The first-order valence-electron chi connectivity index (χ1n) is 11.6. The number of anilines is 1. The number of likely N-dealkylation sites (tertiary alicyclic amines) is 1. The standard InChI is InChI=1S/C23H30ClF6N3O3/c1-21(3-5-33(6-4-21)20(34)36-19(22(25,26)27)23(28,29)30)15-31(2)14-16-11-17(24)13-18(12-16)32-7-9-35-10-8-32/h11-13,19H,3-10,14-15H2,1-2H3. The molecule has 6 nitrogen and oxygen atoms in total. The molecule has 2 fully saturated rings. The summed E-state index contributed by atoms with van der Waals surface area (Å²) >= 11 is 6.34. The molecule has 13 heteroatoms. The van der Waals surface area contributed by atoms with Crippen LogP contribution < -0.4 is 4.90 Å². The fourth-order valence-corrected chi connectivity index (χ4v) is 4.88. The Kier molecular flexibility index (Phi) is 8.93. The third-order valence-corrected chi connectivity index (χ3v) is 6.68. The van der Waals surface area contributed by atoms with Crippen molar-refractivity contribution in [3.63, 3.8) is 0 Å². The number of ether oxygens (including phenoxy) is 2. The first kappa shape index (κ1) is 28.6. The Morgan fingerprint density at radius 2 is 1.67 bits per heavy atom. The van der Waals surface area contributed by atoms with Crippen LogP contribution in [-0.2, 0) is 16.0 Å². The molecule has 0 saturated carbocycles. The first-order chi connectivity index (χ1) is 16.7. The lowest BCUT2D eigenvalue weighted by molar-refractivity contribution is -0.308. The highest BCUT2D eigenvalue weighted by Crippen LogP contribution is 2.37. The summed E-state index contributed by atoms with van der Waals surface area (Å²) in [5.41, 5.74) is 1.75. The minimum absolute atomic E-state index is 0.00392. The van der Waals surface area contributed by atoms with Gasteiger partial charge in [-0.05, 0) is 49.1 Å². The predicted molar refractivity (Wildman–Crippen MR) is 122 cm³/mol. The van der Waals surface area contributed by atoms with E-state index in [0.717, 1.165) is 29.2 Å². The molecule has 0 radical (unpaired) electrons. The van der Waals surface area contributed by atoms with Crippen LogP contribution in [0.3, 0.4) is 0 Å². The van der Waals surface area contributed by atoms with Gasteiger partial charge in [0.15, 0.2) is 0 Å². The highest BCUT2D eigenvalue weighted by molar-refractivity contribution is 6.30. The van der Waals surface area contributed by atoms with Gasteiger partial charge in [-0.3, -0.25) is 0 Å². The van der Waals surface area contributed by atoms with Crippen LogP contribution >= 0.6 is 11.6 Å². The van der Waals surface area contributed by atoms with Gasteiger partial charge in [0, 0.05) is 50.0 Å². The lowest BCUT2D eigenvalue weighted by Gasteiger charge is -2.41. The number of hydrogen-bond acceptors (Lipinski definition) is 5. The lowest BCUT2D eigenvalue weighted by Crippen LogP contribution is -2.51. The molecule has 1 aromatic rings. The maximum absolute atomic E-state index is 12.7. The quantitative estimate of drug-likeness (QED) is 0.452. The Bertz CT molecular complexity index is 886. The summed E-state index contributed by atoms with van der Waals surface area (Å²) in [6.07, 6.45) is -16.4. The van der Waals surface area contributed by atoms with Crippen molar-refractivity contribution in [2.75, 3.05) is 57.9 Å². The van der Waals surface area contributed by atoms with Crippen molar-refractivity contribution in [3.05, 3.63) is 28.8 Å². The van der Waals surface area contributed by atoms with Crippen LogP contribution in [-0.4, -0.2) is 87.3 Å². The van der Waals surface area contributed by atoms with Crippen LogP contribution in [0.25, 0.3) is 0 Å². The van der Waals surface area contributed by atoms with Gasteiger partial charge in [0.05, 0.1) is 13.2 Å². The normalized spacial score (nSPS) is 19.2. The molecular formula is C23H30ClF6N3O3. The molecule has 0 unspecified atom stereocenters. The van der Waals surface area contributed by atoms with E-state index in [1.54, 1.807) is 0 Å². The van der Waals surface area contributed by atoms with Crippen LogP contribution in [0.4, 0.5) is 36.8 Å². The number of rotatable bonds is 6. The third-order valence-electron chi connectivity index (χ3n) is 6.46. The van der Waals surface area contributed by atoms with Gasteiger partial charge in [-0.25, -0.2) is 4.79 Å². The van der Waals surface area contributed by atoms with Gasteiger partial charge in [-0.15, -0.1) is 0 Å². The molecule has 1 amide bonds. The van der Waals surface area contributed by atoms with Crippen LogP contribution in [0.5, 0.6) is 0 Å². The summed E-state index contributed by atoms with van der Waals surface area (Å²) < 4.78 is 85.5. The van der Waals surface area contributed by atoms with E-state index >= 15 is 0 Å². The molecule has 204 valence electrons. The molecule has 2 aliphatic heterocycles. The van der Waals surface area contributed by atoms with E-state index in [2.05, 4.69) is 20.6 Å². The summed E-state index contributed by atoms with van der Waals surface area (Å²) in [6.45, 7) is 6.06. The van der Waals surface area contributed by atoms with E-state index in [1.807, 2.05) is 26.1 Å². The zero-order valence-electron chi connectivity index (χ0n) is 20.1. The molecule has 0 atom stereocenters. The van der Waals surface area contributed by atoms with E-state index in [4.69, 9.17) is 16.3 Å². The number of morpholine rings is 1. The molecule has 0 spiro atoms. The summed E-state index contributed by atoms with van der Waals surface area (Å²) in [6, 6.07) is 5.88. The van der Waals surface area contributed by atoms with E-state index in [9.17, 15) is 31.1 Å². The predicted octanol–water partition coefficient (Wildman–Crippen LogP) is 5.34. The van der Waals surface area contributed by atoms with Crippen LogP contribution in [0.15, 0.2) is 18.2 Å². The number of carbonyl (C=O) groups excluding carboxylic acids is 1. The van der Waals surface area contributed by atoms with Crippen LogP contribution in [0.2, 0.25) is 5.02 Å². The van der Waals surface area contributed by atoms with Gasteiger partial charge in [0.1, 0.15) is 0 Å². The Hall–Kier alpha value is -1.92. The van der Waals surface area contributed by atoms with Crippen molar-refractivity contribution in [2.45, 2.75) is 44.8 Å². The summed E-state index contributed by atoms with van der Waals surface area (Å²) in [5, 5.41) is 0.622. The van der Waals surface area contributed by atoms with E-state index in [-0.39, 0.29) is 18.5 Å². The number of carbonyl (C=O) groups is 1. The van der Waals surface area contributed by atoms with Gasteiger partial charge in [-0.1, -0.05) is 18.5 Å². The summed E-state index contributed by atoms with van der Waals surface area (Å²) in [5.74, 6) is 0. The molecule has 0 bridgehead atoms. The molecule has 2 heterocycles. The Morgan fingerprint density at radius 3 is 2.22 bits per heavy atom. The Balaban J connectivity index is 1.54. The smallest absolute Gasteiger partial charge is 0.426 e. The number of amides is 1. The minimum atomic E-state index is -5.73. The minimum Gasteiger partial charge on any atom is -0.426 e. The highest BCUT2D eigenvalue weighted by Gasteiger charge is 2.60. The van der Waals surface area contributed by atoms with Crippen molar-refractivity contribution < 1.29 is 40.6 Å². The number of benzene rings is 1. The Labute approximate surface area is 211 Å². The average molecular weight is 546 g/mol. The van der Waals surface area contributed by atoms with E-state index in [1.165, 1.54) is 0 Å². The van der Waals surface area contributed by atoms with Gasteiger partial charge in [-0.2, -0.15) is 26.3 Å². The van der Waals surface area contributed by atoms with Gasteiger partial charge < -0.3 is 24.2 Å². The van der Waals surface area contributed by atoms with Gasteiger partial charge in [0.25, 0.3) is 6.10 Å². The number of nitrogens with zero attached hydrogens (tertiary/aromatic N) is 3. The molecule has 1 aromatic carbocycles. The van der Waals surface area contributed by atoms with E-state index in [0.29, 0.717) is 44.2 Å². The maximum Gasteiger partial charge on any atom is 0.434 e. The number of halogens is 7. The van der Waals surface area contributed by atoms with Crippen molar-refractivity contribution in [3.8, 4) is 0 Å². The second-order valence-electron chi connectivity index (χ2n) is 9.73. The van der Waals surface area contributed by atoms with Gasteiger partial charge >= 0.3 is 18.4 Å². The largest absolute Gasteiger partial charge is 0.434 e. The molecule has 0 N–H and O–H groups in total. The lowest BCUT2D eigenvalue weighted by atomic mass is 9.80. The zero-order chi connectivity index (χ0) is 26.7. The summed E-state index contributed by atoms with van der Waals surface area (Å²) in [7, 11) is 1.93. The molecule has 2 aliphatic rings. The van der Waals surface area contributed by atoms with Crippen molar-refractivity contribution in [1.82, 2.24) is 9.80 Å². The molecule has 36 heavy (non-hydrogen) atoms. The number of piperidine rings is 1. The van der Waals surface area contributed by atoms with Crippen LogP contribution in [0, 0.1) is 5.41 Å². The highest BCUT2D eigenvalue weighted by atomic mass is 35.5. The molecule has 3 rings (SSSR count). The second-order valence-corrected chi connectivity index (χ2v) is 10.2. The van der Waals surface area contributed by atoms with E-state index < -0.39 is 24.5 Å². The van der Waals surface area contributed by atoms with Crippen LogP contribution in [0.1, 0.15) is 25.3 Å². The fraction of sp³-hybridized carbons (Fsp3) is 0.696. The SMILES string of the molecule is CN(Cc1cc(Cl)cc(N2CCOCC2)c1)CC1(C)CCN(C(=O)OC(C(F)(F)F)C(F)(F)F)CC1. The Morgan fingerprint density at radius 1 is 1.08 bits per heavy atom. The second kappa shape index (κ2) is 11.2. The number of hydrogen-bond donors (Lipinski definition) is 0. The van der Waals surface area contributed by atoms with Gasteiger partial charge in [0.2, 0.25) is 0 Å². The maximum atomic E-state index is 12.7. The molecule has 2 saturated heterocycles. The molecular weight excluding hydrogens is 516 g/mol. The monoisotopic (exact) mass is 545 g/mol. The summed E-state index contributed by atoms with van der Waals surface area (Å²) in [4.78, 5) is 17.2. The average Bonchev–Trinajstić information content (AvgIpc) is 2.76. The number of alkyl halides is 6. The first-order valence-corrected chi connectivity index (χ1v) is 11.9. The fourth-order valence-electron chi connectivity index (χ4n) is 4.63. The van der Waals surface area contributed by atoms with Crippen molar-refractivity contribution in [1.29, 1.82) is 0 Å².